The van der Waals surface area contributed by atoms with Gasteiger partial charge in [-0.1, -0.05) is 6.92 Å². The van der Waals surface area contributed by atoms with Crippen molar-refractivity contribution >= 4 is 15.2 Å². The molecule has 0 amide bonds. The average Bonchev–Trinajstić information content (AvgIpc) is 2.20. The molecule has 0 aromatic carbocycles. The summed E-state index contributed by atoms with van der Waals surface area (Å²) in [6.07, 6.45) is -0.867. The minimum Gasteiger partial charge on any atom is -0.363 e. The summed E-state index contributed by atoms with van der Waals surface area (Å²) in [6.45, 7) is 10.6. The van der Waals surface area contributed by atoms with Gasteiger partial charge in [-0.15, -0.1) is 0 Å². The lowest BCUT2D eigenvalue weighted by Gasteiger charge is -2.52. The maximum absolute atomic E-state index is 11.5. The number of rotatable bonds is 10. The molecule has 0 aliphatic rings. The van der Waals surface area contributed by atoms with E-state index >= 15 is 0 Å². The minimum atomic E-state index is -4.32. The van der Waals surface area contributed by atoms with Gasteiger partial charge in [0.2, 0.25) is 0 Å². The summed E-state index contributed by atoms with van der Waals surface area (Å²) < 4.78 is 28.7. The van der Waals surface area contributed by atoms with Crippen molar-refractivity contribution in [1.29, 1.82) is 0 Å². The lowest BCUT2D eigenvalue weighted by atomic mass is 9.94. The second kappa shape index (κ2) is 8.07. The van der Waals surface area contributed by atoms with Crippen molar-refractivity contribution in [3.63, 3.8) is 0 Å². The van der Waals surface area contributed by atoms with Gasteiger partial charge < -0.3 is 24.3 Å². The van der Waals surface area contributed by atoms with Crippen LogP contribution in [0.4, 0.5) is 0 Å². The fraction of sp³-hybridized carbons (Fsp3) is 1.00. The largest absolute Gasteiger partial charge is 0.363 e. The Labute approximate surface area is 138 Å². The number of ether oxygens (including phenoxy) is 1. The molecule has 0 spiro atoms. The van der Waals surface area contributed by atoms with Gasteiger partial charge >= 0.3 is 15.2 Å². The number of hydrogen-bond acceptors (Lipinski definition) is 4. The molecular weight excluding hydrogens is 344 g/mol. The maximum Gasteiger partial charge on any atom is 0.327 e. The van der Waals surface area contributed by atoms with Gasteiger partial charge in [-0.2, -0.15) is 0 Å². The van der Waals surface area contributed by atoms with E-state index in [-0.39, 0.29) is 0 Å². The highest BCUT2D eigenvalue weighted by atomic mass is 31.2. The molecule has 140 valence electrons. The van der Waals surface area contributed by atoms with Gasteiger partial charge in [0.05, 0.1) is 12.3 Å². The molecule has 8 nitrogen and oxygen atoms in total. The van der Waals surface area contributed by atoms with Gasteiger partial charge in [-0.3, -0.25) is 14.0 Å². The highest BCUT2D eigenvalue weighted by Gasteiger charge is 2.47. The summed E-state index contributed by atoms with van der Waals surface area (Å²) in [5, 5.41) is 0. The van der Waals surface area contributed by atoms with Gasteiger partial charge in [0, 0.05) is 17.7 Å². The summed E-state index contributed by atoms with van der Waals surface area (Å²) in [4.78, 5) is 39.2. The van der Waals surface area contributed by atoms with Crippen molar-refractivity contribution in [3.05, 3.63) is 0 Å². The smallest absolute Gasteiger partial charge is 0.327 e. The molecule has 1 atom stereocenters. The van der Waals surface area contributed by atoms with Gasteiger partial charge in [0.25, 0.3) is 0 Å². The van der Waals surface area contributed by atoms with Crippen LogP contribution in [-0.4, -0.2) is 60.7 Å². The summed E-state index contributed by atoms with van der Waals surface area (Å²) in [6, 6.07) is 0. The van der Waals surface area contributed by atoms with E-state index < -0.39 is 44.8 Å². The molecule has 0 radical (unpaired) electrons. The Balaban J connectivity index is 5.89. The van der Waals surface area contributed by atoms with E-state index in [1.165, 1.54) is 0 Å². The Morgan fingerprint density at radius 1 is 0.913 bits per heavy atom. The Bertz CT molecular complexity index is 433. The van der Waals surface area contributed by atoms with Gasteiger partial charge in [-0.25, -0.2) is 0 Å². The summed E-state index contributed by atoms with van der Waals surface area (Å²) >= 11 is 0. The van der Waals surface area contributed by atoms with E-state index in [0.717, 1.165) is 0 Å². The molecule has 10 heteroatoms. The molecule has 0 aliphatic carbocycles. The third-order valence-corrected chi connectivity index (χ3v) is 5.86. The standard InChI is InChI=1S/C13H31NO7P2/c1-7-11(21-8-2)14(12(3,4)9-22(15,16)17)13(5,6)10-23(18,19)20/h11H,7-10H2,1-6H3,(H2,15,16,17)(H2,18,19,20). The topological polar surface area (TPSA) is 128 Å². The zero-order valence-corrected chi connectivity index (χ0v) is 16.5. The zero-order valence-electron chi connectivity index (χ0n) is 14.8. The summed E-state index contributed by atoms with van der Waals surface area (Å²) in [7, 11) is -8.64. The van der Waals surface area contributed by atoms with Crippen molar-refractivity contribution in [1.82, 2.24) is 4.90 Å². The quantitative estimate of drug-likeness (QED) is 0.337. The number of nitrogens with zero attached hydrogens (tertiary/aromatic N) is 1. The van der Waals surface area contributed by atoms with Crippen molar-refractivity contribution in [2.75, 3.05) is 18.9 Å². The first-order valence-electron chi connectivity index (χ1n) is 7.56. The maximum atomic E-state index is 11.5. The van der Waals surface area contributed by atoms with E-state index in [2.05, 4.69) is 0 Å². The Morgan fingerprint density at radius 2 is 1.26 bits per heavy atom. The fourth-order valence-corrected chi connectivity index (χ4v) is 5.65. The van der Waals surface area contributed by atoms with Crippen molar-refractivity contribution < 1.29 is 33.4 Å². The SMILES string of the molecule is CCOC(CC)N(C(C)(C)CP(=O)(O)O)C(C)(C)CP(=O)(O)O. The van der Waals surface area contributed by atoms with Gasteiger partial charge in [-0.05, 0) is 41.0 Å². The van der Waals surface area contributed by atoms with Gasteiger partial charge in [0.15, 0.2) is 0 Å². The molecule has 0 fully saturated rings. The molecule has 0 saturated heterocycles. The van der Waals surface area contributed by atoms with E-state index in [9.17, 15) is 28.7 Å². The molecule has 4 N–H and O–H groups in total. The first-order valence-corrected chi connectivity index (χ1v) is 11.2. The summed E-state index contributed by atoms with van der Waals surface area (Å²) in [5.41, 5.74) is -2.04. The molecule has 0 saturated carbocycles. The zero-order chi connectivity index (χ0) is 18.7. The normalized spacial score (nSPS) is 16.0. The molecule has 0 heterocycles. The molecule has 0 aliphatic heterocycles. The van der Waals surface area contributed by atoms with Crippen LogP contribution in [0.3, 0.4) is 0 Å². The van der Waals surface area contributed by atoms with Crippen LogP contribution in [0.25, 0.3) is 0 Å². The third kappa shape index (κ3) is 8.23. The second-order valence-corrected chi connectivity index (χ2v) is 10.2. The van der Waals surface area contributed by atoms with Crippen molar-refractivity contribution in [2.24, 2.45) is 0 Å². The van der Waals surface area contributed by atoms with Crippen LogP contribution in [0.2, 0.25) is 0 Å². The highest BCUT2D eigenvalue weighted by Crippen LogP contribution is 2.47. The van der Waals surface area contributed by atoms with E-state index in [0.29, 0.717) is 13.0 Å². The third-order valence-electron chi connectivity index (χ3n) is 3.49. The second-order valence-electron chi connectivity index (χ2n) is 6.96. The molecule has 1 unspecified atom stereocenters. The van der Waals surface area contributed by atoms with E-state index in [1.807, 2.05) is 6.92 Å². The first kappa shape index (κ1) is 23.2. The lowest BCUT2D eigenvalue weighted by molar-refractivity contribution is -0.136. The monoisotopic (exact) mass is 375 g/mol. The van der Waals surface area contributed by atoms with Crippen LogP contribution in [-0.2, 0) is 13.9 Å². The van der Waals surface area contributed by atoms with Crippen LogP contribution in [0, 0.1) is 0 Å². The fourth-order valence-electron chi connectivity index (χ4n) is 3.33. The van der Waals surface area contributed by atoms with E-state index in [4.69, 9.17) is 4.74 Å². The van der Waals surface area contributed by atoms with Crippen LogP contribution >= 0.6 is 15.2 Å². The Hall–Kier alpha value is 0.220. The van der Waals surface area contributed by atoms with Crippen molar-refractivity contribution in [2.45, 2.75) is 65.3 Å². The predicted molar refractivity (Wildman–Crippen MR) is 89.5 cm³/mol. The minimum absolute atomic E-state index is 0.382. The summed E-state index contributed by atoms with van der Waals surface area (Å²) in [5.74, 6) is 0. The lowest BCUT2D eigenvalue weighted by Crippen LogP contribution is -2.63. The van der Waals surface area contributed by atoms with Crippen LogP contribution in [0.15, 0.2) is 0 Å². The van der Waals surface area contributed by atoms with Crippen LogP contribution in [0.1, 0.15) is 48.0 Å². The van der Waals surface area contributed by atoms with Crippen molar-refractivity contribution in [3.8, 4) is 0 Å². The van der Waals surface area contributed by atoms with Crippen LogP contribution in [0.5, 0.6) is 0 Å². The number of hydrogen-bond donors (Lipinski definition) is 4. The molecule has 0 rings (SSSR count). The molecule has 23 heavy (non-hydrogen) atoms. The molecule has 0 aromatic rings. The highest BCUT2D eigenvalue weighted by molar-refractivity contribution is 7.52. The van der Waals surface area contributed by atoms with Crippen LogP contribution < -0.4 is 0 Å². The Kier molecular flexibility index (Phi) is 8.14. The molecular formula is C13H31NO7P2. The first-order chi connectivity index (χ1) is 10.1. The molecule has 0 bridgehead atoms. The van der Waals surface area contributed by atoms with Gasteiger partial charge in [0.1, 0.15) is 6.23 Å². The predicted octanol–water partition coefficient (Wildman–Crippen LogP) is 1.97. The Morgan fingerprint density at radius 3 is 1.48 bits per heavy atom. The molecule has 0 aromatic heterocycles. The average molecular weight is 375 g/mol. The van der Waals surface area contributed by atoms with E-state index in [1.54, 1.807) is 39.5 Å².